The Morgan fingerprint density at radius 2 is 2.03 bits per heavy atom. The summed E-state index contributed by atoms with van der Waals surface area (Å²) in [6.07, 6.45) is 4.51. The number of carbonyl (C=O) groups is 1. The van der Waals surface area contributed by atoms with Gasteiger partial charge in [-0.3, -0.25) is 10.00 Å². The van der Waals surface area contributed by atoms with E-state index in [1.54, 1.807) is 22.1 Å². The van der Waals surface area contributed by atoms with Crippen molar-refractivity contribution >= 4 is 11.7 Å². The molecule has 0 atom stereocenters. The third kappa shape index (κ3) is 4.00. The van der Waals surface area contributed by atoms with Crippen LogP contribution in [-0.4, -0.2) is 40.3 Å². The van der Waals surface area contributed by atoms with Crippen molar-refractivity contribution < 1.29 is 13.9 Å². The molecule has 2 amide bonds. The quantitative estimate of drug-likeness (QED) is 0.608. The number of halogens is 1. The number of urea groups is 1. The van der Waals surface area contributed by atoms with E-state index in [0.717, 1.165) is 28.8 Å². The molecule has 4 rings (SSSR count). The molecule has 0 unspecified atom stereocenters. The number of aromatic nitrogens is 2. The van der Waals surface area contributed by atoms with Gasteiger partial charge in [0.15, 0.2) is 0 Å². The Morgan fingerprint density at radius 1 is 1.23 bits per heavy atom. The standard InChI is InChI=1S/C24H27FN4O2/c1-5-17-10-20(6-7-22(17)18-12-26-27-13-18)28-15-24(2,3)29(23(28)30)14-16-8-19(25)11-21(9-16)31-4/h6-13H,5,14-15H2,1-4H3,(H,26,27). The topological polar surface area (TPSA) is 61.5 Å². The van der Waals surface area contributed by atoms with Gasteiger partial charge in [-0.2, -0.15) is 5.10 Å². The summed E-state index contributed by atoms with van der Waals surface area (Å²) < 4.78 is 19.1. The van der Waals surface area contributed by atoms with Crippen LogP contribution in [0.15, 0.2) is 48.8 Å². The Bertz CT molecular complexity index is 1090. The second kappa shape index (κ2) is 8.06. The summed E-state index contributed by atoms with van der Waals surface area (Å²) in [4.78, 5) is 17.0. The summed E-state index contributed by atoms with van der Waals surface area (Å²) >= 11 is 0. The summed E-state index contributed by atoms with van der Waals surface area (Å²) in [6.45, 7) is 7.02. The van der Waals surface area contributed by atoms with Gasteiger partial charge in [0.25, 0.3) is 0 Å². The minimum atomic E-state index is -0.410. The predicted octanol–water partition coefficient (Wildman–Crippen LogP) is 5.01. The number of methoxy groups -OCH3 is 1. The van der Waals surface area contributed by atoms with Crippen LogP contribution in [0.3, 0.4) is 0 Å². The van der Waals surface area contributed by atoms with E-state index in [-0.39, 0.29) is 11.8 Å². The number of carbonyl (C=O) groups excluding carboxylic acids is 1. The zero-order valence-corrected chi connectivity index (χ0v) is 18.3. The molecule has 0 saturated carbocycles. The van der Waals surface area contributed by atoms with Crippen LogP contribution in [0.1, 0.15) is 31.9 Å². The van der Waals surface area contributed by atoms with Crippen molar-refractivity contribution in [3.63, 3.8) is 0 Å². The molecule has 0 aliphatic carbocycles. The fourth-order valence-corrected chi connectivity index (χ4v) is 4.16. The summed E-state index contributed by atoms with van der Waals surface area (Å²) in [5.41, 5.74) is 4.43. The third-order valence-electron chi connectivity index (χ3n) is 5.84. The molecule has 1 N–H and O–H groups in total. The highest BCUT2D eigenvalue weighted by Crippen LogP contribution is 2.35. The highest BCUT2D eigenvalue weighted by molar-refractivity contribution is 5.95. The molecule has 1 aliphatic heterocycles. The number of anilines is 1. The summed E-state index contributed by atoms with van der Waals surface area (Å²) in [5.74, 6) is 0.0665. The largest absolute Gasteiger partial charge is 0.497 e. The molecule has 0 spiro atoms. The van der Waals surface area contributed by atoms with Crippen molar-refractivity contribution in [1.82, 2.24) is 15.1 Å². The third-order valence-corrected chi connectivity index (χ3v) is 5.84. The lowest BCUT2D eigenvalue weighted by atomic mass is 9.99. The number of aromatic amines is 1. The molecule has 6 nitrogen and oxygen atoms in total. The smallest absolute Gasteiger partial charge is 0.325 e. The minimum Gasteiger partial charge on any atom is -0.497 e. The number of benzene rings is 2. The maximum atomic E-state index is 14.0. The van der Waals surface area contributed by atoms with Crippen molar-refractivity contribution in [2.75, 3.05) is 18.6 Å². The lowest BCUT2D eigenvalue weighted by molar-refractivity contribution is 0.172. The lowest BCUT2D eigenvalue weighted by Crippen LogP contribution is -2.41. The number of nitrogens with zero attached hydrogens (tertiary/aromatic N) is 3. The van der Waals surface area contributed by atoms with Crippen LogP contribution in [0, 0.1) is 5.82 Å². The highest BCUT2D eigenvalue weighted by Gasteiger charge is 2.43. The minimum absolute atomic E-state index is 0.0913. The maximum Gasteiger partial charge on any atom is 0.325 e. The van der Waals surface area contributed by atoms with Crippen LogP contribution >= 0.6 is 0 Å². The van der Waals surface area contributed by atoms with Crippen LogP contribution in [0.4, 0.5) is 14.9 Å². The number of aryl methyl sites for hydroxylation is 1. The number of H-pyrrole nitrogens is 1. The highest BCUT2D eigenvalue weighted by atomic mass is 19.1. The number of nitrogens with one attached hydrogen (secondary N) is 1. The Balaban J connectivity index is 1.63. The van der Waals surface area contributed by atoms with Crippen LogP contribution in [0.2, 0.25) is 0 Å². The summed E-state index contributed by atoms with van der Waals surface area (Å²) in [5, 5.41) is 6.89. The average Bonchev–Trinajstić information content (AvgIpc) is 3.35. The zero-order chi connectivity index (χ0) is 22.2. The molecular formula is C24H27FN4O2. The normalized spacial score (nSPS) is 15.6. The predicted molar refractivity (Wildman–Crippen MR) is 119 cm³/mol. The van der Waals surface area contributed by atoms with Gasteiger partial charge in [0, 0.05) is 30.1 Å². The molecule has 2 heterocycles. The van der Waals surface area contributed by atoms with E-state index in [9.17, 15) is 9.18 Å². The average molecular weight is 423 g/mol. The van der Waals surface area contributed by atoms with E-state index in [4.69, 9.17) is 4.74 Å². The molecule has 1 aromatic heterocycles. The van der Waals surface area contributed by atoms with Gasteiger partial charge in [-0.1, -0.05) is 13.0 Å². The van der Waals surface area contributed by atoms with Crippen LogP contribution in [0.25, 0.3) is 11.1 Å². The maximum absolute atomic E-state index is 14.0. The fourth-order valence-electron chi connectivity index (χ4n) is 4.16. The molecular weight excluding hydrogens is 395 g/mol. The molecule has 0 bridgehead atoms. The van der Waals surface area contributed by atoms with Crippen molar-refractivity contribution in [3.05, 3.63) is 65.7 Å². The van der Waals surface area contributed by atoms with Crippen LogP contribution in [0.5, 0.6) is 5.75 Å². The Kier molecular flexibility index (Phi) is 5.43. The lowest BCUT2D eigenvalue weighted by Gasteiger charge is -2.29. The number of ether oxygens (including phenoxy) is 1. The van der Waals surface area contributed by atoms with E-state index in [1.165, 1.54) is 19.2 Å². The van der Waals surface area contributed by atoms with Gasteiger partial charge < -0.3 is 9.64 Å². The van der Waals surface area contributed by atoms with E-state index in [0.29, 0.717) is 24.4 Å². The number of rotatable bonds is 6. The second-order valence-electron chi connectivity index (χ2n) is 8.45. The molecule has 3 aromatic rings. The molecule has 162 valence electrons. The first kappa shape index (κ1) is 20.9. The SMILES string of the molecule is CCc1cc(N2CC(C)(C)N(Cc3cc(F)cc(OC)c3)C2=O)ccc1-c1cn[nH]c1. The number of hydrogen-bond acceptors (Lipinski definition) is 3. The Labute approximate surface area is 181 Å². The van der Waals surface area contributed by atoms with Gasteiger partial charge in [-0.05, 0) is 61.2 Å². The molecule has 1 aliphatic rings. The Morgan fingerprint density at radius 3 is 2.71 bits per heavy atom. The van der Waals surface area contributed by atoms with E-state index < -0.39 is 5.54 Å². The second-order valence-corrected chi connectivity index (χ2v) is 8.45. The van der Waals surface area contributed by atoms with Gasteiger partial charge in [-0.25, -0.2) is 9.18 Å². The number of hydrogen-bond donors (Lipinski definition) is 1. The first-order chi connectivity index (χ1) is 14.8. The fraction of sp³-hybridized carbons (Fsp3) is 0.333. The van der Waals surface area contributed by atoms with Crippen molar-refractivity contribution in [3.8, 4) is 16.9 Å². The molecule has 2 aromatic carbocycles. The first-order valence-electron chi connectivity index (χ1n) is 10.4. The Hall–Kier alpha value is -3.35. The molecule has 31 heavy (non-hydrogen) atoms. The molecule has 7 heteroatoms. The van der Waals surface area contributed by atoms with Crippen molar-refractivity contribution in [1.29, 1.82) is 0 Å². The van der Waals surface area contributed by atoms with Gasteiger partial charge in [0.05, 0.1) is 25.4 Å². The number of amides is 2. The van der Waals surface area contributed by atoms with Crippen LogP contribution < -0.4 is 9.64 Å². The van der Waals surface area contributed by atoms with E-state index in [1.807, 2.05) is 32.2 Å². The van der Waals surface area contributed by atoms with Crippen molar-refractivity contribution in [2.45, 2.75) is 39.3 Å². The van der Waals surface area contributed by atoms with Gasteiger partial charge in [-0.15, -0.1) is 0 Å². The zero-order valence-electron chi connectivity index (χ0n) is 18.3. The van der Waals surface area contributed by atoms with Crippen LogP contribution in [-0.2, 0) is 13.0 Å². The van der Waals surface area contributed by atoms with Gasteiger partial charge >= 0.3 is 6.03 Å². The molecule has 1 saturated heterocycles. The van der Waals surface area contributed by atoms with Gasteiger partial charge in [0.1, 0.15) is 11.6 Å². The first-order valence-corrected chi connectivity index (χ1v) is 10.4. The summed E-state index contributed by atoms with van der Waals surface area (Å²) in [7, 11) is 1.50. The van der Waals surface area contributed by atoms with Gasteiger partial charge in [0.2, 0.25) is 0 Å². The molecule has 0 radical (unpaired) electrons. The van der Waals surface area contributed by atoms with E-state index >= 15 is 0 Å². The van der Waals surface area contributed by atoms with E-state index in [2.05, 4.69) is 23.2 Å². The van der Waals surface area contributed by atoms with Crippen molar-refractivity contribution in [2.24, 2.45) is 0 Å². The molecule has 1 fully saturated rings. The summed E-state index contributed by atoms with van der Waals surface area (Å²) in [6, 6.07) is 10.6. The monoisotopic (exact) mass is 422 g/mol.